The highest BCUT2D eigenvalue weighted by atomic mass is 16.2. The van der Waals surface area contributed by atoms with Crippen LogP contribution in [0.5, 0.6) is 0 Å². The predicted molar refractivity (Wildman–Crippen MR) is 116 cm³/mol. The van der Waals surface area contributed by atoms with E-state index in [1.54, 1.807) is 43.3 Å². The van der Waals surface area contributed by atoms with E-state index in [0.29, 0.717) is 17.7 Å². The lowest BCUT2D eigenvalue weighted by molar-refractivity contribution is -0.139. The van der Waals surface area contributed by atoms with Crippen molar-refractivity contribution in [3.8, 4) is 0 Å². The number of carbonyl (C=O) groups is 4. The minimum atomic E-state index is -1.19. The average molecular weight is 422 g/mol. The molecule has 1 heterocycles. The van der Waals surface area contributed by atoms with Crippen LogP contribution in [0.25, 0.3) is 0 Å². The van der Waals surface area contributed by atoms with Gasteiger partial charge in [0.1, 0.15) is 12.1 Å². The second-order valence-corrected chi connectivity index (χ2v) is 7.61. The van der Waals surface area contributed by atoms with Crippen LogP contribution in [0.4, 0.5) is 10.5 Å². The first-order valence-corrected chi connectivity index (χ1v) is 10.1. The van der Waals surface area contributed by atoms with Gasteiger partial charge in [-0.1, -0.05) is 55.0 Å². The van der Waals surface area contributed by atoms with Gasteiger partial charge < -0.3 is 15.5 Å². The molecule has 2 aromatic rings. The highest BCUT2D eigenvalue weighted by Crippen LogP contribution is 2.32. The molecule has 2 aromatic carbocycles. The molecular weight excluding hydrogens is 396 g/mol. The molecule has 0 aliphatic carbocycles. The molecule has 5 amide bonds. The van der Waals surface area contributed by atoms with Gasteiger partial charge in [-0.2, -0.15) is 0 Å². The molecule has 0 unspecified atom stereocenters. The fraction of sp³-hybridized carbons (Fsp3) is 0.304. The van der Waals surface area contributed by atoms with Gasteiger partial charge in [0, 0.05) is 12.7 Å². The van der Waals surface area contributed by atoms with E-state index in [-0.39, 0.29) is 12.5 Å². The van der Waals surface area contributed by atoms with Crippen molar-refractivity contribution in [3.63, 3.8) is 0 Å². The molecule has 0 radical (unpaired) electrons. The molecule has 3 rings (SSSR count). The van der Waals surface area contributed by atoms with Crippen LogP contribution in [0, 0.1) is 6.92 Å². The van der Waals surface area contributed by atoms with Gasteiger partial charge in [-0.15, -0.1) is 0 Å². The second kappa shape index (κ2) is 8.99. The van der Waals surface area contributed by atoms with E-state index < -0.39 is 29.9 Å². The number of anilines is 1. The summed E-state index contributed by atoms with van der Waals surface area (Å²) >= 11 is 0. The Labute approximate surface area is 181 Å². The number of likely N-dealkylation sites (N-methyl/N-ethyl adjacent to an activating group) is 1. The maximum absolute atomic E-state index is 13.1. The van der Waals surface area contributed by atoms with Crippen molar-refractivity contribution < 1.29 is 19.2 Å². The van der Waals surface area contributed by atoms with Crippen molar-refractivity contribution in [1.82, 2.24) is 15.1 Å². The molecule has 0 spiro atoms. The zero-order valence-corrected chi connectivity index (χ0v) is 17.8. The number of nitrogens with zero attached hydrogens (tertiary/aromatic N) is 2. The molecular formula is C23H26N4O4. The van der Waals surface area contributed by atoms with Gasteiger partial charge >= 0.3 is 6.03 Å². The van der Waals surface area contributed by atoms with Gasteiger partial charge in [-0.25, -0.2) is 4.79 Å². The summed E-state index contributed by atoms with van der Waals surface area (Å²) in [4.78, 5) is 52.6. The highest BCUT2D eigenvalue weighted by Gasteiger charge is 2.51. The van der Waals surface area contributed by atoms with Gasteiger partial charge in [0.25, 0.3) is 5.91 Å². The summed E-state index contributed by atoms with van der Waals surface area (Å²) in [5.41, 5.74) is 1.16. The molecule has 1 saturated heterocycles. The number of nitrogens with one attached hydrogen (secondary N) is 2. The highest BCUT2D eigenvalue weighted by molar-refractivity contribution is 6.09. The molecule has 162 valence electrons. The maximum Gasteiger partial charge on any atom is 0.325 e. The van der Waals surface area contributed by atoms with Crippen molar-refractivity contribution in [1.29, 1.82) is 0 Å². The number of urea groups is 1. The number of benzene rings is 2. The van der Waals surface area contributed by atoms with Crippen molar-refractivity contribution in [2.24, 2.45) is 0 Å². The molecule has 2 N–H and O–H groups in total. The first-order valence-electron chi connectivity index (χ1n) is 10.1. The number of imide groups is 1. The van der Waals surface area contributed by atoms with E-state index in [1.807, 2.05) is 25.1 Å². The average Bonchev–Trinajstić information content (AvgIpc) is 3.01. The van der Waals surface area contributed by atoms with Gasteiger partial charge in [-0.3, -0.25) is 19.3 Å². The Kier molecular flexibility index (Phi) is 6.39. The summed E-state index contributed by atoms with van der Waals surface area (Å²) in [6.45, 7) is 3.11. The number of hydrogen-bond acceptors (Lipinski definition) is 4. The number of hydrogen-bond donors (Lipinski definition) is 2. The Bertz CT molecular complexity index is 990. The standard InChI is InChI=1S/C23H26N4O4/c1-4-23(17-8-6-5-7-9-17)21(30)27(22(31)25-23)15-20(29)26(3)14-19(28)24-18-12-10-16(2)11-13-18/h5-13H,4,14-15H2,1-3H3,(H,24,28)(H,25,31)/t23-/m0/s1. The fourth-order valence-electron chi connectivity index (χ4n) is 3.53. The number of rotatable bonds is 7. The van der Waals surface area contributed by atoms with Crippen LogP contribution in [-0.2, 0) is 19.9 Å². The normalized spacial score (nSPS) is 18.0. The summed E-state index contributed by atoms with van der Waals surface area (Å²) in [7, 11) is 1.46. The quantitative estimate of drug-likeness (QED) is 0.669. The van der Waals surface area contributed by atoms with Crippen LogP contribution in [0.1, 0.15) is 24.5 Å². The third-order valence-corrected chi connectivity index (χ3v) is 5.41. The number of amides is 5. The SMILES string of the molecule is CC[C@@]1(c2ccccc2)NC(=O)N(CC(=O)N(C)CC(=O)Nc2ccc(C)cc2)C1=O. The van der Waals surface area contributed by atoms with E-state index in [0.717, 1.165) is 10.5 Å². The molecule has 0 aromatic heterocycles. The minimum absolute atomic E-state index is 0.200. The molecule has 1 atom stereocenters. The van der Waals surface area contributed by atoms with E-state index in [1.165, 1.54) is 11.9 Å². The number of aryl methyl sites for hydroxylation is 1. The predicted octanol–water partition coefficient (Wildman–Crippen LogP) is 2.25. The summed E-state index contributed by atoms with van der Waals surface area (Å²) in [6, 6.07) is 15.6. The Hall–Kier alpha value is -3.68. The minimum Gasteiger partial charge on any atom is -0.335 e. The van der Waals surface area contributed by atoms with Crippen LogP contribution in [0.3, 0.4) is 0 Å². The second-order valence-electron chi connectivity index (χ2n) is 7.61. The van der Waals surface area contributed by atoms with Gasteiger partial charge in [0.2, 0.25) is 11.8 Å². The lowest BCUT2D eigenvalue weighted by atomic mass is 9.87. The molecule has 31 heavy (non-hydrogen) atoms. The van der Waals surface area contributed by atoms with Crippen molar-refractivity contribution in [2.45, 2.75) is 25.8 Å². The lowest BCUT2D eigenvalue weighted by Crippen LogP contribution is -2.46. The molecule has 1 aliphatic rings. The molecule has 0 bridgehead atoms. The van der Waals surface area contributed by atoms with Gasteiger partial charge in [0.15, 0.2) is 0 Å². The largest absolute Gasteiger partial charge is 0.335 e. The molecule has 8 heteroatoms. The zero-order valence-electron chi connectivity index (χ0n) is 17.8. The first kappa shape index (κ1) is 22.0. The van der Waals surface area contributed by atoms with Crippen molar-refractivity contribution in [2.75, 3.05) is 25.5 Å². The maximum atomic E-state index is 13.1. The fourth-order valence-corrected chi connectivity index (χ4v) is 3.53. The van der Waals surface area contributed by atoms with Crippen LogP contribution in [0.2, 0.25) is 0 Å². The molecule has 8 nitrogen and oxygen atoms in total. The number of carbonyl (C=O) groups excluding carboxylic acids is 4. The summed E-state index contributed by atoms with van der Waals surface area (Å²) < 4.78 is 0. The monoisotopic (exact) mass is 422 g/mol. The van der Waals surface area contributed by atoms with Crippen molar-refractivity contribution >= 4 is 29.4 Å². The van der Waals surface area contributed by atoms with Crippen molar-refractivity contribution in [3.05, 3.63) is 65.7 Å². The molecule has 0 saturated carbocycles. The Morgan fingerprint density at radius 2 is 1.71 bits per heavy atom. The molecule has 1 fully saturated rings. The van der Waals surface area contributed by atoms with Crippen LogP contribution >= 0.6 is 0 Å². The third-order valence-electron chi connectivity index (χ3n) is 5.41. The first-order chi connectivity index (χ1) is 14.8. The van der Waals surface area contributed by atoms with Gasteiger partial charge in [-0.05, 0) is 31.0 Å². The van der Waals surface area contributed by atoms with E-state index >= 15 is 0 Å². The summed E-state index contributed by atoms with van der Waals surface area (Å²) in [6.07, 6.45) is 0.348. The van der Waals surface area contributed by atoms with Crippen LogP contribution in [0.15, 0.2) is 54.6 Å². The molecule has 1 aliphatic heterocycles. The summed E-state index contributed by atoms with van der Waals surface area (Å²) in [5, 5.41) is 5.46. The smallest absolute Gasteiger partial charge is 0.325 e. The Morgan fingerprint density at radius 3 is 2.32 bits per heavy atom. The van der Waals surface area contributed by atoms with E-state index in [2.05, 4.69) is 10.6 Å². The van der Waals surface area contributed by atoms with Crippen LogP contribution in [-0.4, -0.2) is 53.7 Å². The topological polar surface area (TPSA) is 98.8 Å². The summed E-state index contributed by atoms with van der Waals surface area (Å²) in [5.74, 6) is -1.36. The third kappa shape index (κ3) is 4.58. The lowest BCUT2D eigenvalue weighted by Gasteiger charge is -2.26. The zero-order chi connectivity index (χ0) is 22.6. The van der Waals surface area contributed by atoms with Gasteiger partial charge in [0.05, 0.1) is 6.54 Å². The van der Waals surface area contributed by atoms with E-state index in [9.17, 15) is 19.2 Å². The van der Waals surface area contributed by atoms with E-state index in [4.69, 9.17) is 0 Å². The Balaban J connectivity index is 1.64. The Morgan fingerprint density at radius 1 is 1.06 bits per heavy atom. The van der Waals surface area contributed by atoms with Crippen LogP contribution < -0.4 is 10.6 Å².